The molecular weight excluding hydrogens is 372 g/mol. The normalized spacial score (nSPS) is 10.8. The van der Waals surface area contributed by atoms with E-state index in [9.17, 15) is 4.79 Å². The van der Waals surface area contributed by atoms with Gasteiger partial charge in [0.05, 0.1) is 20.8 Å². The topological polar surface area (TPSA) is 34.9 Å². The number of carbonyl (C=O) groups excluding carboxylic acids is 1. The van der Waals surface area contributed by atoms with Crippen LogP contribution in [-0.2, 0) is 6.54 Å². The van der Waals surface area contributed by atoms with Crippen molar-refractivity contribution in [3.8, 4) is 10.6 Å². The van der Waals surface area contributed by atoms with E-state index in [1.54, 1.807) is 22.2 Å². The van der Waals surface area contributed by atoms with Crippen LogP contribution in [0.1, 0.15) is 15.9 Å². The van der Waals surface area contributed by atoms with E-state index >= 15 is 0 Å². The number of aldehydes is 1. The molecule has 0 aliphatic rings. The minimum absolute atomic E-state index is 0.577. The molecule has 0 amide bonds. The fourth-order valence-corrected chi connectivity index (χ4v) is 3.67. The number of thiophene rings is 1. The van der Waals surface area contributed by atoms with Crippen molar-refractivity contribution >= 4 is 45.2 Å². The van der Waals surface area contributed by atoms with E-state index in [-0.39, 0.29) is 0 Å². The minimum atomic E-state index is 0.577. The van der Waals surface area contributed by atoms with E-state index in [0.717, 1.165) is 20.5 Å². The van der Waals surface area contributed by atoms with Gasteiger partial charge in [0, 0.05) is 11.2 Å². The second-order valence-corrected chi connectivity index (χ2v) is 7.38. The van der Waals surface area contributed by atoms with Gasteiger partial charge in [-0.1, -0.05) is 23.7 Å². The third kappa shape index (κ3) is 3.26. The summed E-state index contributed by atoms with van der Waals surface area (Å²) >= 11 is 11.0. The Bertz CT molecular complexity index is 797. The van der Waals surface area contributed by atoms with Crippen LogP contribution in [0, 0.1) is 0 Å². The summed E-state index contributed by atoms with van der Waals surface area (Å²) in [7, 11) is 0. The van der Waals surface area contributed by atoms with Crippen molar-refractivity contribution < 1.29 is 4.79 Å². The average molecular weight is 382 g/mol. The van der Waals surface area contributed by atoms with Gasteiger partial charge in [-0.05, 0) is 45.8 Å². The molecule has 3 aromatic rings. The van der Waals surface area contributed by atoms with E-state index in [1.807, 2.05) is 36.4 Å². The van der Waals surface area contributed by atoms with E-state index < -0.39 is 0 Å². The van der Waals surface area contributed by atoms with E-state index in [0.29, 0.717) is 22.8 Å². The van der Waals surface area contributed by atoms with Crippen molar-refractivity contribution in [3.05, 3.63) is 62.5 Å². The van der Waals surface area contributed by atoms with E-state index in [2.05, 4.69) is 21.0 Å². The SMILES string of the molecule is O=Cc1cn(Cc2cccc(Cl)c2)nc1-c1ccc(Br)s1. The van der Waals surface area contributed by atoms with E-state index in [1.165, 1.54) is 0 Å². The maximum absolute atomic E-state index is 11.2. The first-order chi connectivity index (χ1) is 10.2. The predicted octanol–water partition coefficient (Wildman–Crippen LogP) is 4.89. The lowest BCUT2D eigenvalue weighted by molar-refractivity contribution is 0.112. The molecule has 0 unspecified atom stereocenters. The number of aromatic nitrogens is 2. The summed E-state index contributed by atoms with van der Waals surface area (Å²) in [6.45, 7) is 0.577. The molecule has 0 atom stereocenters. The highest BCUT2D eigenvalue weighted by Crippen LogP contribution is 2.32. The van der Waals surface area contributed by atoms with Gasteiger partial charge in [-0.25, -0.2) is 0 Å². The smallest absolute Gasteiger partial charge is 0.153 e. The second-order valence-electron chi connectivity index (χ2n) is 4.48. The van der Waals surface area contributed by atoms with Crippen molar-refractivity contribution in [1.29, 1.82) is 0 Å². The summed E-state index contributed by atoms with van der Waals surface area (Å²) in [4.78, 5) is 12.2. The molecule has 0 bridgehead atoms. The fraction of sp³-hybridized carbons (Fsp3) is 0.0667. The first-order valence-corrected chi connectivity index (χ1v) is 8.17. The molecule has 0 saturated heterocycles. The average Bonchev–Trinajstić information content (AvgIpc) is 3.05. The number of benzene rings is 1. The maximum Gasteiger partial charge on any atom is 0.153 e. The maximum atomic E-state index is 11.2. The minimum Gasteiger partial charge on any atom is -0.298 e. The molecule has 21 heavy (non-hydrogen) atoms. The Balaban J connectivity index is 1.94. The van der Waals surface area contributed by atoms with Gasteiger partial charge in [0.1, 0.15) is 5.69 Å². The standard InChI is InChI=1S/C15H10BrClN2OS/c16-14-5-4-13(21-14)15-11(9-20)8-19(18-15)7-10-2-1-3-12(17)6-10/h1-6,8-9H,7H2. The van der Waals surface area contributed by atoms with Gasteiger partial charge in [-0.2, -0.15) is 5.10 Å². The zero-order valence-electron chi connectivity index (χ0n) is 10.8. The highest BCUT2D eigenvalue weighted by Gasteiger charge is 2.13. The molecule has 2 heterocycles. The quantitative estimate of drug-likeness (QED) is 0.603. The van der Waals surface area contributed by atoms with Crippen molar-refractivity contribution in [3.63, 3.8) is 0 Å². The molecule has 1 aromatic carbocycles. The number of hydrogen-bond donors (Lipinski definition) is 0. The first kappa shape index (κ1) is 14.5. The van der Waals surface area contributed by atoms with Crippen molar-refractivity contribution in [2.75, 3.05) is 0 Å². The van der Waals surface area contributed by atoms with Crippen LogP contribution in [0.2, 0.25) is 5.02 Å². The highest BCUT2D eigenvalue weighted by molar-refractivity contribution is 9.11. The molecule has 0 saturated carbocycles. The van der Waals surface area contributed by atoms with Gasteiger partial charge < -0.3 is 0 Å². The Labute approximate surface area is 139 Å². The number of nitrogens with zero attached hydrogens (tertiary/aromatic N) is 2. The van der Waals surface area contributed by atoms with Crippen molar-refractivity contribution in [1.82, 2.24) is 9.78 Å². The summed E-state index contributed by atoms with van der Waals surface area (Å²) in [5.41, 5.74) is 2.34. The molecule has 0 fully saturated rings. The third-order valence-electron chi connectivity index (χ3n) is 2.96. The molecule has 0 aliphatic heterocycles. The zero-order chi connectivity index (χ0) is 14.8. The van der Waals surface area contributed by atoms with Crippen LogP contribution >= 0.6 is 38.9 Å². The second kappa shape index (κ2) is 6.13. The lowest BCUT2D eigenvalue weighted by atomic mass is 10.2. The van der Waals surface area contributed by atoms with Crippen LogP contribution in [0.15, 0.2) is 46.4 Å². The largest absolute Gasteiger partial charge is 0.298 e. The Hall–Kier alpha value is -1.43. The molecule has 0 aliphatic carbocycles. The highest BCUT2D eigenvalue weighted by atomic mass is 79.9. The molecule has 2 aromatic heterocycles. The number of rotatable bonds is 4. The van der Waals surface area contributed by atoms with Crippen molar-refractivity contribution in [2.45, 2.75) is 6.54 Å². The molecule has 3 rings (SSSR count). The predicted molar refractivity (Wildman–Crippen MR) is 89.2 cm³/mol. The zero-order valence-corrected chi connectivity index (χ0v) is 14.0. The lowest BCUT2D eigenvalue weighted by Gasteiger charge is -2.02. The van der Waals surface area contributed by atoms with Gasteiger partial charge in [-0.3, -0.25) is 9.48 Å². The first-order valence-electron chi connectivity index (χ1n) is 6.18. The number of carbonyl (C=O) groups is 1. The summed E-state index contributed by atoms with van der Waals surface area (Å²) in [5, 5.41) is 5.21. The lowest BCUT2D eigenvalue weighted by Crippen LogP contribution is -2.00. The molecule has 0 radical (unpaired) electrons. The van der Waals surface area contributed by atoms with Crippen LogP contribution in [0.3, 0.4) is 0 Å². The van der Waals surface area contributed by atoms with Gasteiger partial charge >= 0.3 is 0 Å². The summed E-state index contributed by atoms with van der Waals surface area (Å²) in [6, 6.07) is 11.5. The van der Waals surface area contributed by atoms with Crippen LogP contribution in [0.25, 0.3) is 10.6 Å². The molecule has 0 spiro atoms. The van der Waals surface area contributed by atoms with Crippen LogP contribution in [-0.4, -0.2) is 16.1 Å². The van der Waals surface area contributed by atoms with Gasteiger partial charge in [0.15, 0.2) is 6.29 Å². The number of halogens is 2. The Kier molecular flexibility index (Phi) is 4.24. The Morgan fingerprint density at radius 1 is 1.33 bits per heavy atom. The Morgan fingerprint density at radius 3 is 2.86 bits per heavy atom. The van der Waals surface area contributed by atoms with Crippen molar-refractivity contribution in [2.24, 2.45) is 0 Å². The molecule has 106 valence electrons. The fourth-order valence-electron chi connectivity index (χ4n) is 2.06. The molecule has 0 N–H and O–H groups in total. The molecular formula is C15H10BrClN2OS. The van der Waals surface area contributed by atoms with E-state index in [4.69, 9.17) is 11.6 Å². The summed E-state index contributed by atoms with van der Waals surface area (Å²) in [5.74, 6) is 0. The van der Waals surface area contributed by atoms with Gasteiger partial charge in [-0.15, -0.1) is 11.3 Å². The van der Waals surface area contributed by atoms with Gasteiger partial charge in [0.25, 0.3) is 0 Å². The molecule has 3 nitrogen and oxygen atoms in total. The monoisotopic (exact) mass is 380 g/mol. The molecule has 6 heteroatoms. The van der Waals surface area contributed by atoms with Crippen LogP contribution < -0.4 is 0 Å². The summed E-state index contributed by atoms with van der Waals surface area (Å²) < 4.78 is 2.77. The number of hydrogen-bond acceptors (Lipinski definition) is 3. The van der Waals surface area contributed by atoms with Crippen LogP contribution in [0.4, 0.5) is 0 Å². The summed E-state index contributed by atoms with van der Waals surface area (Å²) in [6.07, 6.45) is 2.60. The third-order valence-corrected chi connectivity index (χ3v) is 4.82. The van der Waals surface area contributed by atoms with Gasteiger partial charge in [0.2, 0.25) is 0 Å². The Morgan fingerprint density at radius 2 is 2.19 bits per heavy atom. The van der Waals surface area contributed by atoms with Crippen LogP contribution in [0.5, 0.6) is 0 Å².